The summed E-state index contributed by atoms with van der Waals surface area (Å²) in [7, 11) is -1.86. The fourth-order valence-electron chi connectivity index (χ4n) is 0.549. The molecule has 0 aromatic rings. The molecule has 5 heteroatoms. The van der Waals surface area contributed by atoms with E-state index in [1.54, 1.807) is 0 Å². The topological polar surface area (TPSA) is 58.2 Å². The molecule has 0 amide bonds. The van der Waals surface area contributed by atoms with Crippen LogP contribution in [0.25, 0.3) is 0 Å². The van der Waals surface area contributed by atoms with Crippen LogP contribution >= 0.6 is 0 Å². The molecule has 0 bridgehead atoms. The van der Waals surface area contributed by atoms with E-state index >= 15 is 0 Å². The molecule has 0 heterocycles. The van der Waals surface area contributed by atoms with E-state index in [1.807, 2.05) is 6.92 Å². The van der Waals surface area contributed by atoms with Gasteiger partial charge in [0.05, 0.1) is 0 Å². The minimum atomic E-state index is -3.25. The molecular weight excluding hydrogens is 176 g/mol. The number of hydrogen-bond donors (Lipinski definition) is 2. The zero-order chi connectivity index (χ0) is 9.78. The van der Waals surface area contributed by atoms with Crippen molar-refractivity contribution in [2.24, 2.45) is 11.8 Å². The number of hydrogen-bond acceptors (Lipinski definition) is 2. The normalized spacial score (nSPS) is 15.1. The van der Waals surface area contributed by atoms with Crippen LogP contribution < -0.4 is 9.44 Å². The van der Waals surface area contributed by atoms with E-state index in [-0.39, 0.29) is 0 Å². The largest absolute Gasteiger partial charge is 0.276 e. The zero-order valence-electron chi connectivity index (χ0n) is 8.09. The zero-order valence-corrected chi connectivity index (χ0v) is 8.90. The first kappa shape index (κ1) is 11.9. The van der Waals surface area contributed by atoms with Gasteiger partial charge in [0.25, 0.3) is 10.2 Å². The predicted octanol–water partition coefficient (Wildman–Crippen LogP) is 0.332. The number of nitrogens with one attached hydrogen (secondary N) is 2. The Labute approximate surface area is 74.9 Å². The smallest absolute Gasteiger partial charge is 0.205 e. The molecular formula is C7H18N2O2S. The molecule has 0 saturated heterocycles. The third-order valence-electron chi connectivity index (χ3n) is 2.00. The third kappa shape index (κ3) is 4.69. The van der Waals surface area contributed by atoms with Gasteiger partial charge in [-0.3, -0.25) is 0 Å². The number of rotatable bonds is 5. The van der Waals surface area contributed by atoms with Gasteiger partial charge in [-0.2, -0.15) is 8.42 Å². The lowest BCUT2D eigenvalue weighted by Gasteiger charge is -2.15. The van der Waals surface area contributed by atoms with Gasteiger partial charge < -0.3 is 0 Å². The fourth-order valence-corrected chi connectivity index (χ4v) is 1.18. The minimum Gasteiger partial charge on any atom is -0.205 e. The van der Waals surface area contributed by atoms with Crippen LogP contribution in [0.1, 0.15) is 20.8 Å². The van der Waals surface area contributed by atoms with Gasteiger partial charge in [0, 0.05) is 13.6 Å². The Morgan fingerprint density at radius 3 is 2.08 bits per heavy atom. The van der Waals surface area contributed by atoms with Crippen molar-refractivity contribution in [3.63, 3.8) is 0 Å². The molecule has 12 heavy (non-hydrogen) atoms. The molecule has 0 fully saturated rings. The van der Waals surface area contributed by atoms with Gasteiger partial charge in [-0.1, -0.05) is 20.8 Å². The maximum Gasteiger partial charge on any atom is 0.276 e. The summed E-state index contributed by atoms with van der Waals surface area (Å²) in [6.07, 6.45) is 0. The van der Waals surface area contributed by atoms with Crippen LogP contribution in [-0.4, -0.2) is 22.0 Å². The predicted molar refractivity (Wildman–Crippen MR) is 50.0 cm³/mol. The van der Waals surface area contributed by atoms with Crippen LogP contribution in [0.15, 0.2) is 0 Å². The van der Waals surface area contributed by atoms with Crippen LogP contribution in [0.3, 0.4) is 0 Å². The molecule has 1 unspecified atom stereocenters. The highest BCUT2D eigenvalue weighted by Gasteiger charge is 2.11. The second kappa shape index (κ2) is 4.79. The molecule has 0 aromatic heterocycles. The van der Waals surface area contributed by atoms with Gasteiger partial charge in [-0.15, -0.1) is 0 Å². The van der Waals surface area contributed by atoms with Crippen molar-refractivity contribution in [3.8, 4) is 0 Å². The lowest BCUT2D eigenvalue weighted by atomic mass is 9.99. The van der Waals surface area contributed by atoms with E-state index in [9.17, 15) is 8.42 Å². The molecule has 0 aliphatic heterocycles. The Hall–Kier alpha value is -0.130. The van der Waals surface area contributed by atoms with E-state index < -0.39 is 10.2 Å². The maximum absolute atomic E-state index is 10.9. The van der Waals surface area contributed by atoms with E-state index in [2.05, 4.69) is 23.3 Å². The first-order valence-corrected chi connectivity index (χ1v) is 5.55. The molecule has 0 saturated carbocycles. The van der Waals surface area contributed by atoms with Crippen LogP contribution in [0.4, 0.5) is 0 Å². The summed E-state index contributed by atoms with van der Waals surface area (Å²) in [5.41, 5.74) is 0. The first-order chi connectivity index (χ1) is 5.39. The SMILES string of the molecule is CNS(=O)(=O)NCC(C)C(C)C. The first-order valence-electron chi connectivity index (χ1n) is 4.07. The Morgan fingerprint density at radius 1 is 1.25 bits per heavy atom. The van der Waals surface area contributed by atoms with Crippen molar-refractivity contribution in [1.29, 1.82) is 0 Å². The summed E-state index contributed by atoms with van der Waals surface area (Å²) < 4.78 is 26.5. The summed E-state index contributed by atoms with van der Waals surface area (Å²) >= 11 is 0. The summed E-state index contributed by atoms with van der Waals surface area (Å²) in [6.45, 7) is 6.64. The average molecular weight is 194 g/mol. The van der Waals surface area contributed by atoms with Crippen LogP contribution in [0, 0.1) is 11.8 Å². The molecule has 74 valence electrons. The Morgan fingerprint density at radius 2 is 1.75 bits per heavy atom. The van der Waals surface area contributed by atoms with Crippen molar-refractivity contribution in [3.05, 3.63) is 0 Å². The van der Waals surface area contributed by atoms with Crippen molar-refractivity contribution < 1.29 is 8.42 Å². The fraction of sp³-hybridized carbons (Fsp3) is 1.00. The van der Waals surface area contributed by atoms with Gasteiger partial charge >= 0.3 is 0 Å². The van der Waals surface area contributed by atoms with E-state index in [1.165, 1.54) is 7.05 Å². The van der Waals surface area contributed by atoms with Gasteiger partial charge in [0.1, 0.15) is 0 Å². The van der Waals surface area contributed by atoms with Crippen LogP contribution in [0.2, 0.25) is 0 Å². The molecule has 0 aliphatic rings. The Balaban J connectivity index is 3.84. The molecule has 0 radical (unpaired) electrons. The van der Waals surface area contributed by atoms with Crippen molar-refractivity contribution >= 4 is 10.2 Å². The van der Waals surface area contributed by atoms with Gasteiger partial charge in [0.2, 0.25) is 0 Å². The summed E-state index contributed by atoms with van der Waals surface area (Å²) in [6, 6.07) is 0. The van der Waals surface area contributed by atoms with Gasteiger partial charge in [-0.05, 0) is 11.8 Å². The average Bonchev–Trinajstić information content (AvgIpc) is 2.00. The van der Waals surface area contributed by atoms with Crippen molar-refractivity contribution in [2.45, 2.75) is 20.8 Å². The molecule has 4 nitrogen and oxygen atoms in total. The highest BCUT2D eigenvalue weighted by molar-refractivity contribution is 7.87. The lowest BCUT2D eigenvalue weighted by molar-refractivity contribution is 0.414. The van der Waals surface area contributed by atoms with Gasteiger partial charge in [0.15, 0.2) is 0 Å². The molecule has 2 N–H and O–H groups in total. The van der Waals surface area contributed by atoms with Gasteiger partial charge in [-0.25, -0.2) is 9.44 Å². The second-order valence-corrected chi connectivity index (χ2v) is 4.98. The minimum absolute atomic E-state index is 0.355. The third-order valence-corrected chi connectivity index (χ3v) is 3.09. The van der Waals surface area contributed by atoms with Crippen LogP contribution in [0.5, 0.6) is 0 Å². The molecule has 0 rings (SSSR count). The van der Waals surface area contributed by atoms with Crippen molar-refractivity contribution in [2.75, 3.05) is 13.6 Å². The lowest BCUT2D eigenvalue weighted by Crippen LogP contribution is -2.37. The highest BCUT2D eigenvalue weighted by atomic mass is 32.2. The van der Waals surface area contributed by atoms with Crippen molar-refractivity contribution in [1.82, 2.24) is 9.44 Å². The Kier molecular flexibility index (Phi) is 4.74. The molecule has 0 spiro atoms. The molecule has 1 atom stereocenters. The maximum atomic E-state index is 10.9. The molecule has 0 aliphatic carbocycles. The van der Waals surface area contributed by atoms with E-state index in [0.717, 1.165) is 0 Å². The Bertz CT molecular complexity index is 211. The van der Waals surface area contributed by atoms with E-state index in [0.29, 0.717) is 18.4 Å². The molecule has 0 aromatic carbocycles. The standard InChI is InChI=1S/C7H18N2O2S/c1-6(2)7(3)5-9-12(10,11)8-4/h6-9H,5H2,1-4H3. The quantitative estimate of drug-likeness (QED) is 0.662. The highest BCUT2D eigenvalue weighted by Crippen LogP contribution is 2.07. The van der Waals surface area contributed by atoms with E-state index in [4.69, 9.17) is 0 Å². The summed E-state index contributed by atoms with van der Waals surface area (Å²) in [5.74, 6) is 0.845. The second-order valence-electron chi connectivity index (χ2n) is 3.28. The van der Waals surface area contributed by atoms with Crippen LogP contribution in [-0.2, 0) is 10.2 Å². The summed E-state index contributed by atoms with van der Waals surface area (Å²) in [5, 5.41) is 0. The monoisotopic (exact) mass is 194 g/mol. The summed E-state index contributed by atoms with van der Waals surface area (Å²) in [4.78, 5) is 0.